The molecule has 0 atom stereocenters. The quantitative estimate of drug-likeness (QED) is 0.645. The smallest absolute Gasteiger partial charge is 0.201 e. The fraction of sp³-hybridized carbons (Fsp3) is 0.444. The molecule has 106 valence electrons. The van der Waals surface area contributed by atoms with Crippen molar-refractivity contribution >= 4 is 12.4 Å². The van der Waals surface area contributed by atoms with Crippen molar-refractivity contribution in [3.05, 3.63) is 54.0 Å². The zero-order chi connectivity index (χ0) is 15.0. The van der Waals surface area contributed by atoms with Crippen LogP contribution in [0, 0.1) is 0 Å². The van der Waals surface area contributed by atoms with E-state index in [1.165, 1.54) is 11.3 Å². The van der Waals surface area contributed by atoms with Crippen LogP contribution in [0.2, 0.25) is 5.31 Å². The molecule has 1 aliphatic rings. The average Bonchev–Trinajstić information content (AvgIpc) is 2.37. The van der Waals surface area contributed by atoms with Crippen LogP contribution in [-0.2, 0) is 0 Å². The molecule has 1 aliphatic heterocycles. The molecule has 0 N–H and O–H groups in total. The number of hydrogen-bond acceptors (Lipinski definition) is 1. The highest BCUT2D eigenvalue weighted by atomic mass is 15.2. The maximum absolute atomic E-state index is 2.42. The van der Waals surface area contributed by atoms with Gasteiger partial charge in [-0.1, -0.05) is 68.4 Å². The molecule has 20 heavy (non-hydrogen) atoms. The zero-order valence-corrected chi connectivity index (χ0v) is 13.6. The van der Waals surface area contributed by atoms with Gasteiger partial charge in [-0.25, -0.2) is 0 Å². The van der Waals surface area contributed by atoms with Gasteiger partial charge in [-0.05, 0) is 32.5 Å². The maximum atomic E-state index is 2.42. The largest absolute Gasteiger partial charge is 0.344 e. The fourth-order valence-electron chi connectivity index (χ4n) is 2.53. The van der Waals surface area contributed by atoms with Gasteiger partial charge in [-0.3, -0.25) is 0 Å². The van der Waals surface area contributed by atoms with E-state index in [9.17, 15) is 0 Å². The highest BCUT2D eigenvalue weighted by Crippen LogP contribution is 2.36. The molecule has 0 bridgehead atoms. The summed E-state index contributed by atoms with van der Waals surface area (Å²) in [6, 6.07) is 10.7. The summed E-state index contributed by atoms with van der Waals surface area (Å²) in [6.45, 7) is 14.1. The van der Waals surface area contributed by atoms with Gasteiger partial charge in [0.1, 0.15) is 0 Å². The van der Waals surface area contributed by atoms with Crippen LogP contribution in [0.3, 0.4) is 0 Å². The highest BCUT2D eigenvalue weighted by molar-refractivity contribution is 6.73. The van der Waals surface area contributed by atoms with Gasteiger partial charge in [0, 0.05) is 11.2 Å². The van der Waals surface area contributed by atoms with E-state index >= 15 is 0 Å². The summed E-state index contributed by atoms with van der Waals surface area (Å²) in [6.07, 6.45) is 2.26. The fourth-order valence-corrected chi connectivity index (χ4v) is 2.53. The number of benzene rings is 1. The van der Waals surface area contributed by atoms with Crippen LogP contribution in [0.25, 0.3) is 5.70 Å². The monoisotopic (exact) mass is 267 g/mol. The zero-order valence-electron chi connectivity index (χ0n) is 13.6. The molecule has 0 saturated carbocycles. The molecule has 1 aromatic rings. The van der Waals surface area contributed by atoms with Crippen LogP contribution in [-0.4, -0.2) is 17.2 Å². The molecule has 2 heteroatoms. The molecule has 0 saturated heterocycles. The van der Waals surface area contributed by atoms with Crippen LogP contribution in [0.5, 0.6) is 0 Å². The summed E-state index contributed by atoms with van der Waals surface area (Å²) in [5, 5.41) is 0.251. The van der Waals surface area contributed by atoms with Gasteiger partial charge < -0.3 is 4.90 Å². The summed E-state index contributed by atoms with van der Waals surface area (Å²) < 4.78 is 0. The summed E-state index contributed by atoms with van der Waals surface area (Å²) in [5.74, 6) is 4.75. The molecular weight excluding hydrogens is 241 g/mol. The second-order valence-corrected chi connectivity index (χ2v) is 7.69. The molecule has 1 heterocycles. The number of hydrogen-bond donors (Lipinski definition) is 0. The first kappa shape index (κ1) is 15.0. The summed E-state index contributed by atoms with van der Waals surface area (Å²) >= 11 is 0. The Morgan fingerprint density at radius 3 is 2.00 bits per heavy atom. The Morgan fingerprint density at radius 1 is 0.900 bits per heavy atom. The molecule has 2 rings (SSSR count). The van der Waals surface area contributed by atoms with Crippen molar-refractivity contribution in [1.29, 1.82) is 0 Å². The first-order valence-corrected chi connectivity index (χ1v) is 7.44. The summed E-state index contributed by atoms with van der Waals surface area (Å²) in [7, 11) is 0. The van der Waals surface area contributed by atoms with Gasteiger partial charge >= 0.3 is 0 Å². The highest BCUT2D eigenvalue weighted by Gasteiger charge is 2.32. The van der Waals surface area contributed by atoms with E-state index in [0.717, 1.165) is 0 Å². The molecule has 0 amide bonds. The normalized spacial score (nSPS) is 16.4. The van der Waals surface area contributed by atoms with E-state index in [4.69, 9.17) is 0 Å². The molecule has 1 aromatic carbocycles. The minimum Gasteiger partial charge on any atom is -0.344 e. The third-order valence-electron chi connectivity index (χ3n) is 3.83. The van der Waals surface area contributed by atoms with Gasteiger partial charge in [0.15, 0.2) is 0 Å². The van der Waals surface area contributed by atoms with Gasteiger partial charge in [0.25, 0.3) is 0 Å². The van der Waals surface area contributed by atoms with Gasteiger partial charge in [0.2, 0.25) is 6.71 Å². The summed E-state index contributed by atoms with van der Waals surface area (Å²) in [4.78, 5) is 2.38. The lowest BCUT2D eigenvalue weighted by Gasteiger charge is -2.41. The molecular formula is C18H26BN. The predicted octanol–water partition coefficient (Wildman–Crippen LogP) is 5.03. The minimum atomic E-state index is 0.0844. The predicted molar refractivity (Wildman–Crippen MR) is 90.6 cm³/mol. The van der Waals surface area contributed by atoms with Crippen LogP contribution >= 0.6 is 0 Å². The van der Waals surface area contributed by atoms with Crippen molar-refractivity contribution in [2.45, 2.75) is 52.4 Å². The third kappa shape index (κ3) is 3.17. The van der Waals surface area contributed by atoms with E-state index in [2.05, 4.69) is 94.9 Å². The lowest BCUT2D eigenvalue weighted by atomic mass is 9.34. The average molecular weight is 267 g/mol. The SMILES string of the molecule is CC(C)(C)B1C=CN(C(C)(C)C)C(c2ccccc2)=C1. The minimum absolute atomic E-state index is 0.0844. The second kappa shape index (κ2) is 5.16. The molecule has 0 unspecified atom stereocenters. The second-order valence-electron chi connectivity index (χ2n) is 7.69. The first-order chi connectivity index (χ1) is 9.19. The molecule has 0 aromatic heterocycles. The van der Waals surface area contributed by atoms with E-state index < -0.39 is 0 Å². The Balaban J connectivity index is 2.47. The number of rotatable bonds is 1. The lowest BCUT2D eigenvalue weighted by Crippen LogP contribution is -2.39. The maximum Gasteiger partial charge on any atom is 0.201 e. The van der Waals surface area contributed by atoms with Crippen molar-refractivity contribution in [2.75, 3.05) is 0 Å². The summed E-state index contributed by atoms with van der Waals surface area (Å²) in [5.41, 5.74) is 2.70. The topological polar surface area (TPSA) is 3.24 Å². The Bertz CT molecular complexity index is 515. The van der Waals surface area contributed by atoms with Crippen molar-refractivity contribution in [1.82, 2.24) is 4.90 Å². The van der Waals surface area contributed by atoms with Gasteiger partial charge in [-0.15, -0.1) is 0 Å². The van der Waals surface area contributed by atoms with Crippen LogP contribution in [0.1, 0.15) is 47.1 Å². The van der Waals surface area contributed by atoms with Gasteiger partial charge in [-0.2, -0.15) is 0 Å². The van der Waals surface area contributed by atoms with Gasteiger partial charge in [0.05, 0.1) is 0 Å². The van der Waals surface area contributed by atoms with E-state index in [1.807, 2.05) is 0 Å². The third-order valence-corrected chi connectivity index (χ3v) is 3.83. The van der Waals surface area contributed by atoms with E-state index in [0.29, 0.717) is 6.71 Å². The molecule has 0 fully saturated rings. The Kier molecular flexibility index (Phi) is 3.86. The van der Waals surface area contributed by atoms with Crippen LogP contribution in [0.4, 0.5) is 0 Å². The van der Waals surface area contributed by atoms with Crippen molar-refractivity contribution in [3.8, 4) is 0 Å². The van der Waals surface area contributed by atoms with Crippen molar-refractivity contribution < 1.29 is 0 Å². The Morgan fingerprint density at radius 2 is 1.50 bits per heavy atom. The van der Waals surface area contributed by atoms with Crippen LogP contribution < -0.4 is 0 Å². The first-order valence-electron chi connectivity index (χ1n) is 7.44. The Labute approximate surface area is 124 Å². The lowest BCUT2D eigenvalue weighted by molar-refractivity contribution is 0.296. The molecule has 0 radical (unpaired) electrons. The Hall–Kier alpha value is -1.44. The standard InChI is InChI=1S/C18H26BN/c1-17(2,3)19-12-13-20(18(4,5)6)16(14-19)15-10-8-7-9-11-15/h7-14H,1-6H3. The molecule has 0 aliphatic carbocycles. The number of nitrogens with zero attached hydrogens (tertiary/aromatic N) is 1. The van der Waals surface area contributed by atoms with E-state index in [1.54, 1.807) is 0 Å². The van der Waals surface area contributed by atoms with E-state index in [-0.39, 0.29) is 10.9 Å². The molecule has 1 nitrogen and oxygen atoms in total. The molecule has 0 spiro atoms. The van der Waals surface area contributed by atoms with Crippen LogP contribution in [0.15, 0.2) is 48.5 Å². The van der Waals surface area contributed by atoms with Crippen molar-refractivity contribution in [3.63, 3.8) is 0 Å². The van der Waals surface area contributed by atoms with Crippen molar-refractivity contribution in [2.24, 2.45) is 0 Å².